The molecule has 0 saturated heterocycles. The minimum atomic E-state index is -9.76. The van der Waals surface area contributed by atoms with Crippen LogP contribution in [0.1, 0.15) is 18.5 Å². The van der Waals surface area contributed by atoms with Crippen LogP contribution in [0.5, 0.6) is 0 Å². The van der Waals surface area contributed by atoms with Gasteiger partial charge in [-0.1, -0.05) is 31.6 Å². The lowest BCUT2D eigenvalue weighted by Gasteiger charge is -2.40. The monoisotopic (exact) mass is 392 g/mol. The zero-order chi connectivity index (χ0) is 19.2. The van der Waals surface area contributed by atoms with Crippen LogP contribution >= 0.6 is 10.2 Å². The Balaban J connectivity index is 1.98. The SMILES string of the molecule is CC(Nc1ncnc2cc(=O)[nH]cc12)c1cccc(S(F)(F)(F)(F)F)c1. The molecule has 0 aliphatic rings. The van der Waals surface area contributed by atoms with Crippen LogP contribution in [0.2, 0.25) is 0 Å². The van der Waals surface area contributed by atoms with Gasteiger partial charge < -0.3 is 10.3 Å². The number of hydrogen-bond acceptors (Lipinski definition) is 4. The molecule has 2 aromatic heterocycles. The highest BCUT2D eigenvalue weighted by Crippen LogP contribution is 3.02. The van der Waals surface area contributed by atoms with Crippen LogP contribution in [-0.2, 0) is 0 Å². The molecular weight excluding hydrogens is 379 g/mol. The molecule has 0 amide bonds. The largest absolute Gasteiger partial charge is 0.363 e. The molecule has 0 radical (unpaired) electrons. The van der Waals surface area contributed by atoms with Crippen molar-refractivity contribution in [2.24, 2.45) is 0 Å². The number of pyridine rings is 1. The van der Waals surface area contributed by atoms with Gasteiger partial charge in [0.15, 0.2) is 0 Å². The second-order valence-corrected chi connectivity index (χ2v) is 8.14. The van der Waals surface area contributed by atoms with Crippen molar-refractivity contribution in [3.63, 3.8) is 0 Å². The Morgan fingerprint density at radius 3 is 2.54 bits per heavy atom. The van der Waals surface area contributed by atoms with Gasteiger partial charge in [0.1, 0.15) is 17.0 Å². The number of anilines is 1. The summed E-state index contributed by atoms with van der Waals surface area (Å²) in [5.41, 5.74) is -0.0371. The van der Waals surface area contributed by atoms with Gasteiger partial charge >= 0.3 is 10.2 Å². The molecule has 2 heterocycles. The summed E-state index contributed by atoms with van der Waals surface area (Å²) in [6.45, 7) is 1.50. The van der Waals surface area contributed by atoms with Crippen molar-refractivity contribution in [2.75, 3.05) is 5.32 Å². The molecule has 0 bridgehead atoms. The molecule has 0 aliphatic carbocycles. The van der Waals surface area contributed by atoms with E-state index in [0.717, 1.165) is 6.07 Å². The molecule has 140 valence electrons. The van der Waals surface area contributed by atoms with Gasteiger partial charge in [0.2, 0.25) is 5.56 Å². The zero-order valence-corrected chi connectivity index (χ0v) is 14.0. The summed E-state index contributed by atoms with van der Waals surface area (Å²) in [7, 11) is -9.76. The molecule has 0 spiro atoms. The molecule has 1 unspecified atom stereocenters. The maximum atomic E-state index is 13.0. The van der Waals surface area contributed by atoms with E-state index in [1.54, 1.807) is 0 Å². The summed E-state index contributed by atoms with van der Waals surface area (Å²) in [5, 5.41) is 3.29. The Bertz CT molecular complexity index is 1050. The van der Waals surface area contributed by atoms with E-state index in [1.165, 1.54) is 31.6 Å². The lowest BCUT2D eigenvalue weighted by Crippen LogP contribution is -2.12. The third-order valence-corrected chi connectivity index (χ3v) is 4.84. The van der Waals surface area contributed by atoms with Crippen molar-refractivity contribution in [3.8, 4) is 0 Å². The Labute approximate surface area is 144 Å². The highest BCUT2D eigenvalue weighted by Gasteiger charge is 2.65. The van der Waals surface area contributed by atoms with E-state index >= 15 is 0 Å². The van der Waals surface area contributed by atoms with Crippen molar-refractivity contribution in [1.82, 2.24) is 15.0 Å². The average molecular weight is 392 g/mol. The first-order chi connectivity index (χ1) is 11.8. The van der Waals surface area contributed by atoms with Gasteiger partial charge in [-0.25, -0.2) is 9.97 Å². The first-order valence-electron chi connectivity index (χ1n) is 7.27. The molecule has 5 nitrogen and oxygen atoms in total. The fourth-order valence-corrected chi connectivity index (χ4v) is 3.10. The van der Waals surface area contributed by atoms with Gasteiger partial charge in [-0.2, -0.15) is 0 Å². The fraction of sp³-hybridized carbons (Fsp3) is 0.133. The van der Waals surface area contributed by atoms with Gasteiger partial charge in [-0.15, -0.1) is 0 Å². The Morgan fingerprint density at radius 2 is 1.85 bits per heavy atom. The molecule has 1 atom stereocenters. The van der Waals surface area contributed by atoms with Crippen molar-refractivity contribution >= 4 is 26.9 Å². The first-order valence-corrected chi connectivity index (χ1v) is 9.23. The summed E-state index contributed by atoms with van der Waals surface area (Å²) in [6, 6.07) is 3.47. The number of fused-ring (bicyclic) bond motifs is 1. The number of hydrogen-bond donors (Lipinski definition) is 2. The van der Waals surface area contributed by atoms with Crippen molar-refractivity contribution < 1.29 is 19.4 Å². The Kier molecular flexibility index (Phi) is 3.59. The smallest absolute Gasteiger partial charge is 0.310 e. The van der Waals surface area contributed by atoms with Crippen molar-refractivity contribution in [3.05, 3.63) is 58.8 Å². The average Bonchev–Trinajstić information content (AvgIpc) is 2.53. The van der Waals surface area contributed by atoms with Gasteiger partial charge in [0, 0.05) is 12.3 Å². The maximum absolute atomic E-state index is 13.0. The van der Waals surface area contributed by atoms with Gasteiger partial charge in [0.05, 0.1) is 16.9 Å². The number of halogens is 5. The molecular formula is C15H13F5N4OS. The number of aromatic nitrogens is 3. The van der Waals surface area contributed by atoms with Crippen molar-refractivity contribution in [2.45, 2.75) is 17.9 Å². The molecule has 3 aromatic rings. The van der Waals surface area contributed by atoms with E-state index < -0.39 is 21.2 Å². The maximum Gasteiger partial charge on any atom is 0.310 e. The van der Waals surface area contributed by atoms with Crippen LogP contribution in [0.15, 0.2) is 52.5 Å². The predicted molar refractivity (Wildman–Crippen MR) is 90.0 cm³/mol. The molecule has 0 saturated carbocycles. The van der Waals surface area contributed by atoms with E-state index in [2.05, 4.69) is 20.3 Å². The van der Waals surface area contributed by atoms with E-state index in [4.69, 9.17) is 0 Å². The lowest BCUT2D eigenvalue weighted by molar-refractivity contribution is 0.364. The summed E-state index contributed by atoms with van der Waals surface area (Å²) < 4.78 is 64.9. The Hall–Kier alpha value is -2.69. The highest BCUT2D eigenvalue weighted by atomic mass is 32.5. The highest BCUT2D eigenvalue weighted by molar-refractivity contribution is 8.45. The number of rotatable bonds is 4. The van der Waals surface area contributed by atoms with Crippen LogP contribution in [0, 0.1) is 0 Å². The fourth-order valence-electron chi connectivity index (χ4n) is 2.40. The second kappa shape index (κ2) is 5.16. The number of benzene rings is 1. The second-order valence-electron chi connectivity index (χ2n) is 5.73. The predicted octanol–water partition coefficient (Wildman–Crippen LogP) is 5.15. The molecule has 26 heavy (non-hydrogen) atoms. The van der Waals surface area contributed by atoms with E-state index in [9.17, 15) is 24.2 Å². The molecule has 0 aliphatic heterocycles. The van der Waals surface area contributed by atoms with Crippen LogP contribution in [0.3, 0.4) is 0 Å². The zero-order valence-electron chi connectivity index (χ0n) is 13.2. The Morgan fingerprint density at radius 1 is 1.12 bits per heavy atom. The number of nitrogens with zero attached hydrogens (tertiary/aromatic N) is 2. The topological polar surface area (TPSA) is 70.7 Å². The molecule has 3 rings (SSSR count). The summed E-state index contributed by atoms with van der Waals surface area (Å²) in [5.74, 6) is 0.247. The van der Waals surface area contributed by atoms with E-state index in [1.807, 2.05) is 0 Å². The van der Waals surface area contributed by atoms with Crippen LogP contribution in [0.25, 0.3) is 10.9 Å². The van der Waals surface area contributed by atoms with Gasteiger partial charge in [-0.05, 0) is 24.6 Å². The van der Waals surface area contributed by atoms with Gasteiger partial charge in [-0.3, -0.25) is 4.79 Å². The minimum Gasteiger partial charge on any atom is -0.363 e. The minimum absolute atomic E-state index is 0.00642. The van der Waals surface area contributed by atoms with Crippen LogP contribution in [-0.4, -0.2) is 15.0 Å². The molecule has 2 N–H and O–H groups in total. The van der Waals surface area contributed by atoms with Crippen molar-refractivity contribution in [1.29, 1.82) is 0 Å². The van der Waals surface area contributed by atoms with Crippen LogP contribution < -0.4 is 10.9 Å². The normalized spacial score (nSPS) is 15.9. The summed E-state index contributed by atoms with van der Waals surface area (Å²) in [6.07, 6.45) is 2.54. The third kappa shape index (κ3) is 3.77. The lowest BCUT2D eigenvalue weighted by atomic mass is 10.1. The third-order valence-electron chi connectivity index (χ3n) is 3.70. The summed E-state index contributed by atoms with van der Waals surface area (Å²) >= 11 is 0. The van der Waals surface area contributed by atoms with E-state index in [-0.39, 0.29) is 16.9 Å². The van der Waals surface area contributed by atoms with Gasteiger partial charge in [0.25, 0.3) is 0 Å². The standard InChI is InChI=1S/C15H13F5N4OS/c1-9(10-3-2-4-11(5-10)26(16,17,18,19)20)24-15-12-7-21-14(25)6-13(12)22-8-23-15/h2-9H,1H3,(H,21,25)(H,22,23,24). The summed E-state index contributed by atoms with van der Waals surface area (Å²) in [4.78, 5) is 19.7. The van der Waals surface area contributed by atoms with Crippen LogP contribution in [0.4, 0.5) is 25.2 Å². The number of aromatic amines is 1. The molecule has 11 heteroatoms. The number of H-pyrrole nitrogens is 1. The number of nitrogens with one attached hydrogen (secondary N) is 2. The molecule has 1 aromatic carbocycles. The molecule has 0 fully saturated rings. The quantitative estimate of drug-likeness (QED) is 0.603. The van der Waals surface area contributed by atoms with E-state index in [0.29, 0.717) is 23.0 Å². The first kappa shape index (κ1) is 18.1.